The van der Waals surface area contributed by atoms with Crippen molar-refractivity contribution in [2.45, 2.75) is 38.5 Å². The molecule has 0 radical (unpaired) electrons. The molecule has 0 bridgehead atoms. The fraction of sp³-hybridized carbons (Fsp3) is 0.300. The Hall–Kier alpha value is -1.02. The molecule has 0 aliphatic heterocycles. The number of thiophene rings is 1. The molecule has 0 amide bonds. The van der Waals surface area contributed by atoms with Gasteiger partial charge in [-0.3, -0.25) is 0 Å². The normalized spacial score (nSPS) is 11.2. The van der Waals surface area contributed by atoms with Crippen LogP contribution in [0.5, 0.6) is 0 Å². The third kappa shape index (κ3) is 4.97. The first-order chi connectivity index (χ1) is 11.2. The van der Waals surface area contributed by atoms with Crippen LogP contribution in [0.2, 0.25) is 10.0 Å². The van der Waals surface area contributed by atoms with Crippen molar-refractivity contribution in [3.63, 3.8) is 0 Å². The van der Waals surface area contributed by atoms with Crippen LogP contribution in [0.4, 0.5) is 0 Å². The first-order valence-electron chi connectivity index (χ1n) is 8.13. The standard InChI is InChI=1S/C20H20Cl2S/c21-17-8-5-7-15(12-17)6-3-1-2-4-9-19-14-16-13-18(22)10-11-20(16)23-19/h5,7-8,10-14H,1-4,6,9H2. The summed E-state index contributed by atoms with van der Waals surface area (Å²) in [7, 11) is 0. The Labute approximate surface area is 152 Å². The molecule has 1 aromatic heterocycles. The monoisotopic (exact) mass is 362 g/mol. The number of rotatable bonds is 7. The quantitative estimate of drug-likeness (QED) is 0.380. The topological polar surface area (TPSA) is 0 Å². The van der Waals surface area contributed by atoms with Gasteiger partial charge >= 0.3 is 0 Å². The lowest BCUT2D eigenvalue weighted by molar-refractivity contribution is 0.643. The van der Waals surface area contributed by atoms with Crippen molar-refractivity contribution in [1.29, 1.82) is 0 Å². The molecule has 0 fully saturated rings. The summed E-state index contributed by atoms with van der Waals surface area (Å²) < 4.78 is 1.34. The summed E-state index contributed by atoms with van der Waals surface area (Å²) in [5.74, 6) is 0. The van der Waals surface area contributed by atoms with Gasteiger partial charge in [0.05, 0.1) is 0 Å². The molecule has 0 aliphatic carbocycles. The summed E-state index contributed by atoms with van der Waals surface area (Å²) in [6, 6.07) is 16.6. The molecule has 23 heavy (non-hydrogen) atoms. The van der Waals surface area contributed by atoms with E-state index >= 15 is 0 Å². The van der Waals surface area contributed by atoms with Gasteiger partial charge in [0.15, 0.2) is 0 Å². The lowest BCUT2D eigenvalue weighted by atomic mass is 10.1. The Balaban J connectivity index is 1.39. The molecule has 3 heteroatoms. The minimum absolute atomic E-state index is 0.822. The van der Waals surface area contributed by atoms with Crippen molar-refractivity contribution in [3.8, 4) is 0 Å². The summed E-state index contributed by atoms with van der Waals surface area (Å²) in [5.41, 5.74) is 1.35. The van der Waals surface area contributed by atoms with Crippen LogP contribution in [-0.4, -0.2) is 0 Å². The van der Waals surface area contributed by atoms with Crippen molar-refractivity contribution in [3.05, 3.63) is 69.0 Å². The Morgan fingerprint density at radius 1 is 0.739 bits per heavy atom. The fourth-order valence-corrected chi connectivity index (χ4v) is 4.35. The van der Waals surface area contributed by atoms with E-state index < -0.39 is 0 Å². The molecule has 120 valence electrons. The highest BCUT2D eigenvalue weighted by molar-refractivity contribution is 7.19. The van der Waals surface area contributed by atoms with E-state index in [1.165, 1.54) is 52.6 Å². The zero-order valence-corrected chi connectivity index (χ0v) is 15.4. The number of hydrogen-bond acceptors (Lipinski definition) is 1. The third-order valence-corrected chi connectivity index (χ3v) is 5.70. The van der Waals surface area contributed by atoms with Crippen molar-refractivity contribution in [1.82, 2.24) is 0 Å². The maximum atomic E-state index is 6.05. The van der Waals surface area contributed by atoms with Crippen LogP contribution >= 0.6 is 34.5 Å². The number of fused-ring (bicyclic) bond motifs is 1. The lowest BCUT2D eigenvalue weighted by Crippen LogP contribution is -1.87. The van der Waals surface area contributed by atoms with Crippen LogP contribution in [0, 0.1) is 0 Å². The van der Waals surface area contributed by atoms with E-state index in [-0.39, 0.29) is 0 Å². The maximum Gasteiger partial charge on any atom is 0.0412 e. The Morgan fingerprint density at radius 2 is 1.52 bits per heavy atom. The number of hydrogen-bond donors (Lipinski definition) is 0. The predicted molar refractivity (Wildman–Crippen MR) is 104 cm³/mol. The Kier molecular flexibility index (Phi) is 5.99. The van der Waals surface area contributed by atoms with Gasteiger partial charge < -0.3 is 0 Å². The van der Waals surface area contributed by atoms with Crippen LogP contribution in [0.1, 0.15) is 36.1 Å². The number of aryl methyl sites for hydroxylation is 2. The van der Waals surface area contributed by atoms with Crippen molar-refractivity contribution in [2.24, 2.45) is 0 Å². The van der Waals surface area contributed by atoms with E-state index in [0.29, 0.717) is 0 Å². The van der Waals surface area contributed by atoms with Crippen molar-refractivity contribution < 1.29 is 0 Å². The second-order valence-electron chi connectivity index (χ2n) is 5.94. The molecule has 3 rings (SSSR count). The summed E-state index contributed by atoms with van der Waals surface area (Å²) in [4.78, 5) is 1.47. The summed E-state index contributed by atoms with van der Waals surface area (Å²) in [6.07, 6.45) is 7.37. The molecule has 3 aromatic rings. The Bertz CT molecular complexity index is 776. The van der Waals surface area contributed by atoms with E-state index in [1.54, 1.807) is 0 Å². The molecule has 0 nitrogen and oxygen atoms in total. The fourth-order valence-electron chi connectivity index (χ4n) is 2.87. The smallest absolute Gasteiger partial charge is 0.0412 e. The van der Waals surface area contributed by atoms with Crippen LogP contribution in [0.25, 0.3) is 10.1 Å². The average molecular weight is 363 g/mol. The highest BCUT2D eigenvalue weighted by Gasteiger charge is 2.03. The molecule has 0 N–H and O–H groups in total. The molecular weight excluding hydrogens is 343 g/mol. The van der Waals surface area contributed by atoms with Gasteiger partial charge in [-0.2, -0.15) is 0 Å². The highest BCUT2D eigenvalue weighted by Crippen LogP contribution is 2.29. The first kappa shape index (κ1) is 16.8. The molecule has 0 saturated carbocycles. The third-order valence-electron chi connectivity index (χ3n) is 4.06. The van der Waals surface area contributed by atoms with E-state index in [4.69, 9.17) is 23.2 Å². The summed E-state index contributed by atoms with van der Waals surface area (Å²) in [5, 5.41) is 2.94. The van der Waals surface area contributed by atoms with Crippen molar-refractivity contribution in [2.75, 3.05) is 0 Å². The highest BCUT2D eigenvalue weighted by atomic mass is 35.5. The lowest BCUT2D eigenvalue weighted by Gasteiger charge is -2.02. The summed E-state index contributed by atoms with van der Waals surface area (Å²) >= 11 is 14.0. The van der Waals surface area contributed by atoms with Crippen LogP contribution in [-0.2, 0) is 12.8 Å². The first-order valence-corrected chi connectivity index (χ1v) is 9.70. The largest absolute Gasteiger partial charge is 0.140 e. The molecule has 2 aromatic carbocycles. The average Bonchev–Trinajstić information content (AvgIpc) is 2.92. The maximum absolute atomic E-state index is 6.05. The van der Waals surface area contributed by atoms with Gasteiger partial charge in [0, 0.05) is 19.6 Å². The molecule has 0 aliphatic rings. The number of halogens is 2. The number of unbranched alkanes of at least 4 members (excludes halogenated alkanes) is 3. The van der Waals surface area contributed by atoms with Gasteiger partial charge in [0.25, 0.3) is 0 Å². The zero-order valence-electron chi connectivity index (χ0n) is 13.0. The van der Waals surface area contributed by atoms with Gasteiger partial charge in [-0.15, -0.1) is 11.3 Å². The SMILES string of the molecule is Clc1cccc(CCCCCCc2cc3cc(Cl)ccc3s2)c1. The van der Waals surface area contributed by atoms with Gasteiger partial charge in [0.2, 0.25) is 0 Å². The Morgan fingerprint density at radius 3 is 2.35 bits per heavy atom. The number of benzene rings is 2. The molecule has 0 unspecified atom stereocenters. The summed E-state index contributed by atoms with van der Waals surface area (Å²) in [6.45, 7) is 0. The molecule has 0 spiro atoms. The van der Waals surface area contributed by atoms with Crippen molar-refractivity contribution >= 4 is 44.6 Å². The van der Waals surface area contributed by atoms with Gasteiger partial charge in [-0.1, -0.05) is 48.2 Å². The van der Waals surface area contributed by atoms with Gasteiger partial charge in [0.1, 0.15) is 0 Å². The minimum Gasteiger partial charge on any atom is -0.140 e. The van der Waals surface area contributed by atoms with Crippen LogP contribution in [0.15, 0.2) is 48.5 Å². The van der Waals surface area contributed by atoms with E-state index in [1.807, 2.05) is 29.5 Å². The zero-order chi connectivity index (χ0) is 16.1. The predicted octanol–water partition coefficient (Wildman–Crippen LogP) is 7.55. The minimum atomic E-state index is 0.822. The second-order valence-corrected chi connectivity index (χ2v) is 7.98. The second kappa shape index (κ2) is 8.19. The van der Waals surface area contributed by atoms with E-state index in [0.717, 1.165) is 16.5 Å². The molecule has 1 heterocycles. The van der Waals surface area contributed by atoms with Gasteiger partial charge in [-0.05, 0) is 73.0 Å². The molecule has 0 atom stereocenters. The van der Waals surface area contributed by atoms with Crippen LogP contribution in [0.3, 0.4) is 0 Å². The van der Waals surface area contributed by atoms with Crippen LogP contribution < -0.4 is 0 Å². The molecular formula is C20H20Cl2S. The van der Waals surface area contributed by atoms with Gasteiger partial charge in [-0.25, -0.2) is 0 Å². The van der Waals surface area contributed by atoms with E-state index in [2.05, 4.69) is 30.3 Å². The molecule has 0 saturated heterocycles. The van der Waals surface area contributed by atoms with E-state index in [9.17, 15) is 0 Å².